The third-order valence-electron chi connectivity index (χ3n) is 3.87. The van der Waals surface area contributed by atoms with Crippen LogP contribution in [0.5, 0.6) is 5.75 Å². The Kier molecular flexibility index (Phi) is 6.28. The monoisotopic (exact) mass is 369 g/mol. The Labute approximate surface area is 157 Å². The molecule has 1 aromatic heterocycles. The first-order chi connectivity index (χ1) is 12.7. The summed E-state index contributed by atoms with van der Waals surface area (Å²) in [5, 5.41) is 3.52. The van der Waals surface area contributed by atoms with Gasteiger partial charge in [-0.3, -0.25) is 4.79 Å². The molecule has 0 atom stereocenters. The number of benzene rings is 2. The molecule has 0 aliphatic rings. The van der Waals surface area contributed by atoms with Crippen molar-refractivity contribution in [3.63, 3.8) is 0 Å². The van der Waals surface area contributed by atoms with Crippen molar-refractivity contribution >= 4 is 17.5 Å². The predicted octanol–water partition coefficient (Wildman–Crippen LogP) is 4.11. The first-order valence-electron chi connectivity index (χ1n) is 8.47. The SMILES string of the molecule is O=C(NCCCCOc1ccc(-n2ccnc2)cc1)c1ccc(Cl)cc1. The number of unbranched alkanes of at least 4 members (excludes halogenated alkanes) is 1. The van der Waals surface area contributed by atoms with E-state index in [0.717, 1.165) is 24.3 Å². The molecule has 3 rings (SSSR count). The highest BCUT2D eigenvalue weighted by Gasteiger charge is 2.04. The van der Waals surface area contributed by atoms with Gasteiger partial charge in [-0.15, -0.1) is 0 Å². The van der Waals surface area contributed by atoms with Crippen LogP contribution in [0.4, 0.5) is 0 Å². The maximum Gasteiger partial charge on any atom is 0.251 e. The number of hydrogen-bond donors (Lipinski definition) is 1. The van der Waals surface area contributed by atoms with Crippen LogP contribution in [0.25, 0.3) is 5.69 Å². The Morgan fingerprint density at radius 2 is 1.85 bits per heavy atom. The summed E-state index contributed by atoms with van der Waals surface area (Å²) in [5.74, 6) is 0.747. The third-order valence-corrected chi connectivity index (χ3v) is 4.12. The zero-order valence-corrected chi connectivity index (χ0v) is 15.0. The summed E-state index contributed by atoms with van der Waals surface area (Å²) in [6.45, 7) is 1.23. The summed E-state index contributed by atoms with van der Waals surface area (Å²) in [6.07, 6.45) is 7.12. The Morgan fingerprint density at radius 1 is 1.08 bits per heavy atom. The topological polar surface area (TPSA) is 56.1 Å². The normalized spacial score (nSPS) is 10.5. The number of imidazole rings is 1. The highest BCUT2D eigenvalue weighted by molar-refractivity contribution is 6.30. The van der Waals surface area contributed by atoms with Gasteiger partial charge in [-0.1, -0.05) is 11.6 Å². The maximum atomic E-state index is 11.9. The molecule has 1 N–H and O–H groups in total. The molecule has 0 spiro atoms. The van der Waals surface area contributed by atoms with E-state index in [9.17, 15) is 4.79 Å². The third kappa shape index (κ3) is 5.10. The van der Waals surface area contributed by atoms with Gasteiger partial charge in [0.15, 0.2) is 0 Å². The minimum Gasteiger partial charge on any atom is -0.494 e. The molecule has 0 aliphatic carbocycles. The summed E-state index contributed by atoms with van der Waals surface area (Å²) in [7, 11) is 0. The zero-order chi connectivity index (χ0) is 18.2. The molecule has 2 aromatic carbocycles. The van der Waals surface area contributed by atoms with Gasteiger partial charge in [0.25, 0.3) is 5.91 Å². The molecule has 134 valence electrons. The van der Waals surface area contributed by atoms with Crippen molar-refractivity contribution in [1.29, 1.82) is 0 Å². The summed E-state index contributed by atoms with van der Waals surface area (Å²) >= 11 is 5.81. The quantitative estimate of drug-likeness (QED) is 0.608. The summed E-state index contributed by atoms with van der Waals surface area (Å²) in [4.78, 5) is 16.0. The van der Waals surface area contributed by atoms with Crippen molar-refractivity contribution < 1.29 is 9.53 Å². The number of amides is 1. The minimum atomic E-state index is -0.0855. The fourth-order valence-electron chi connectivity index (χ4n) is 2.45. The number of aromatic nitrogens is 2. The molecule has 0 unspecified atom stereocenters. The average molecular weight is 370 g/mol. The molecule has 0 saturated heterocycles. The molecule has 0 saturated carbocycles. The lowest BCUT2D eigenvalue weighted by Gasteiger charge is -2.08. The number of hydrogen-bond acceptors (Lipinski definition) is 3. The van der Waals surface area contributed by atoms with E-state index in [1.807, 2.05) is 35.0 Å². The van der Waals surface area contributed by atoms with Gasteiger partial charge >= 0.3 is 0 Å². The van der Waals surface area contributed by atoms with Crippen LogP contribution in [0.2, 0.25) is 5.02 Å². The average Bonchev–Trinajstić information content (AvgIpc) is 3.20. The molecule has 6 heteroatoms. The molecule has 3 aromatic rings. The van der Waals surface area contributed by atoms with E-state index in [4.69, 9.17) is 16.3 Å². The second-order valence-corrected chi connectivity index (χ2v) is 6.22. The van der Waals surface area contributed by atoms with Crippen molar-refractivity contribution in [2.45, 2.75) is 12.8 Å². The first-order valence-corrected chi connectivity index (χ1v) is 8.85. The summed E-state index contributed by atoms with van der Waals surface area (Å²) in [5.41, 5.74) is 1.66. The highest BCUT2D eigenvalue weighted by atomic mass is 35.5. The zero-order valence-electron chi connectivity index (χ0n) is 14.3. The molecule has 26 heavy (non-hydrogen) atoms. The first kappa shape index (κ1) is 18.0. The van der Waals surface area contributed by atoms with Crippen LogP contribution in [-0.2, 0) is 0 Å². The smallest absolute Gasteiger partial charge is 0.251 e. The largest absolute Gasteiger partial charge is 0.494 e. The number of ether oxygens (including phenoxy) is 1. The number of carbonyl (C=O) groups is 1. The van der Waals surface area contributed by atoms with Gasteiger partial charge in [-0.25, -0.2) is 4.98 Å². The summed E-state index contributed by atoms with van der Waals surface area (Å²) in [6, 6.07) is 14.7. The van der Waals surface area contributed by atoms with E-state index < -0.39 is 0 Å². The van der Waals surface area contributed by atoms with Gasteiger partial charge in [0, 0.05) is 35.2 Å². The lowest BCUT2D eigenvalue weighted by atomic mass is 10.2. The second-order valence-electron chi connectivity index (χ2n) is 5.78. The van der Waals surface area contributed by atoms with Crippen LogP contribution >= 0.6 is 11.6 Å². The van der Waals surface area contributed by atoms with Gasteiger partial charge in [0.2, 0.25) is 0 Å². The Morgan fingerprint density at radius 3 is 2.54 bits per heavy atom. The van der Waals surface area contributed by atoms with Crippen LogP contribution in [0.1, 0.15) is 23.2 Å². The molecular formula is C20H20ClN3O2. The standard InChI is InChI=1S/C20H20ClN3O2/c21-17-5-3-16(4-6-17)20(25)23-11-1-2-14-26-19-9-7-18(8-10-19)24-13-12-22-15-24/h3-10,12-13,15H,1-2,11,14H2,(H,23,25). The van der Waals surface area contributed by atoms with Gasteiger partial charge in [0.1, 0.15) is 5.75 Å². The predicted molar refractivity (Wildman–Crippen MR) is 102 cm³/mol. The van der Waals surface area contributed by atoms with Crippen LogP contribution in [0.15, 0.2) is 67.3 Å². The molecule has 0 fully saturated rings. The molecule has 0 radical (unpaired) electrons. The number of nitrogens with one attached hydrogen (secondary N) is 1. The summed E-state index contributed by atoms with van der Waals surface area (Å²) < 4.78 is 7.67. The molecule has 0 bridgehead atoms. The van der Waals surface area contributed by atoms with E-state index >= 15 is 0 Å². The fourth-order valence-corrected chi connectivity index (χ4v) is 2.57. The van der Waals surface area contributed by atoms with Gasteiger partial charge in [0.05, 0.1) is 12.9 Å². The molecular weight excluding hydrogens is 350 g/mol. The van der Waals surface area contributed by atoms with Crippen molar-refractivity contribution in [1.82, 2.24) is 14.9 Å². The Balaban J connectivity index is 1.33. The molecule has 1 heterocycles. The van der Waals surface area contributed by atoms with Crippen molar-refractivity contribution in [2.24, 2.45) is 0 Å². The number of rotatable bonds is 8. The molecule has 0 aliphatic heterocycles. The van der Waals surface area contributed by atoms with Crippen LogP contribution in [0.3, 0.4) is 0 Å². The van der Waals surface area contributed by atoms with Gasteiger partial charge in [-0.05, 0) is 61.4 Å². The number of halogens is 1. The van der Waals surface area contributed by atoms with Gasteiger partial charge < -0.3 is 14.6 Å². The van der Waals surface area contributed by atoms with Crippen molar-refractivity contribution in [2.75, 3.05) is 13.2 Å². The Hall–Kier alpha value is -2.79. The van der Waals surface area contributed by atoms with E-state index in [1.165, 1.54) is 0 Å². The van der Waals surface area contributed by atoms with E-state index in [-0.39, 0.29) is 5.91 Å². The molecule has 1 amide bonds. The Bertz CT molecular complexity index is 815. The second kappa shape index (κ2) is 9.06. The van der Waals surface area contributed by atoms with Crippen molar-refractivity contribution in [3.8, 4) is 11.4 Å². The van der Waals surface area contributed by atoms with E-state index in [2.05, 4.69) is 10.3 Å². The maximum absolute atomic E-state index is 11.9. The van der Waals surface area contributed by atoms with Crippen LogP contribution < -0.4 is 10.1 Å². The van der Waals surface area contributed by atoms with Gasteiger partial charge in [-0.2, -0.15) is 0 Å². The van der Waals surface area contributed by atoms with Crippen molar-refractivity contribution in [3.05, 3.63) is 77.8 Å². The lowest BCUT2D eigenvalue weighted by molar-refractivity contribution is 0.0952. The van der Waals surface area contributed by atoms with Crippen LogP contribution in [0, 0.1) is 0 Å². The van der Waals surface area contributed by atoms with E-state index in [1.54, 1.807) is 36.8 Å². The number of nitrogens with zero attached hydrogens (tertiary/aromatic N) is 2. The molecule has 5 nitrogen and oxygen atoms in total. The highest BCUT2D eigenvalue weighted by Crippen LogP contribution is 2.15. The fraction of sp³-hybridized carbons (Fsp3) is 0.200. The van der Waals surface area contributed by atoms with Crippen LogP contribution in [-0.4, -0.2) is 28.6 Å². The minimum absolute atomic E-state index is 0.0855. The van der Waals surface area contributed by atoms with E-state index in [0.29, 0.717) is 23.7 Å². The lowest BCUT2D eigenvalue weighted by Crippen LogP contribution is -2.24. The number of carbonyl (C=O) groups excluding carboxylic acids is 1.